The highest BCUT2D eigenvalue weighted by atomic mass is 16.3. The second-order valence-electron chi connectivity index (χ2n) is 18.4. The highest BCUT2D eigenvalue weighted by Gasteiger charge is 2.36. The van der Waals surface area contributed by atoms with E-state index in [-0.39, 0.29) is 16.7 Å². The Kier molecular flexibility index (Phi) is 8.06. The highest BCUT2D eigenvalue weighted by molar-refractivity contribution is 6.09. The van der Waals surface area contributed by atoms with Gasteiger partial charge in [-0.1, -0.05) is 210 Å². The van der Waals surface area contributed by atoms with Crippen LogP contribution in [-0.4, -0.2) is 0 Å². The summed E-state index contributed by atoms with van der Waals surface area (Å²) < 4.78 is 6.54. The summed E-state index contributed by atoms with van der Waals surface area (Å²) in [6.07, 6.45) is 0. The Morgan fingerprint density at radius 1 is 0.323 bits per heavy atom. The maximum absolute atomic E-state index is 6.54. The van der Waals surface area contributed by atoms with Crippen LogP contribution in [-0.2, 0) is 10.8 Å². The Morgan fingerprint density at radius 2 is 0.790 bits per heavy atom. The van der Waals surface area contributed by atoms with Crippen molar-refractivity contribution in [1.29, 1.82) is 0 Å². The van der Waals surface area contributed by atoms with Crippen LogP contribution in [0.5, 0.6) is 0 Å². The van der Waals surface area contributed by atoms with Crippen LogP contribution in [0.4, 0.5) is 0 Å². The summed E-state index contributed by atoms with van der Waals surface area (Å²) in [7, 11) is 0. The van der Waals surface area contributed by atoms with E-state index in [9.17, 15) is 0 Å². The molecule has 0 radical (unpaired) electrons. The van der Waals surface area contributed by atoms with Crippen LogP contribution in [0.3, 0.4) is 0 Å². The maximum Gasteiger partial charge on any atom is 0.143 e. The Hall–Kier alpha value is -7.22. The van der Waals surface area contributed by atoms with Gasteiger partial charge in [0.2, 0.25) is 0 Å². The Bertz CT molecular complexity index is 3240. The van der Waals surface area contributed by atoms with Crippen LogP contribution in [0.2, 0.25) is 0 Å². The van der Waals surface area contributed by atoms with Gasteiger partial charge in [-0.2, -0.15) is 0 Å². The molecule has 0 atom stereocenters. The number of benzene rings is 9. The molecule has 1 aromatic heterocycles. The lowest BCUT2D eigenvalue weighted by Gasteiger charge is -2.23. The molecule has 62 heavy (non-hydrogen) atoms. The van der Waals surface area contributed by atoms with Crippen molar-refractivity contribution in [3.63, 3.8) is 0 Å². The molecule has 0 aliphatic heterocycles. The van der Waals surface area contributed by atoms with Crippen molar-refractivity contribution in [2.45, 2.75) is 44.4 Å². The first kappa shape index (κ1) is 36.6. The first-order valence-corrected chi connectivity index (χ1v) is 21.9. The summed E-state index contributed by atoms with van der Waals surface area (Å²) in [5, 5.41) is 2.29. The third-order valence-electron chi connectivity index (χ3n) is 14.3. The van der Waals surface area contributed by atoms with Crippen LogP contribution in [0, 0.1) is 0 Å². The zero-order valence-corrected chi connectivity index (χ0v) is 35.5. The van der Waals surface area contributed by atoms with E-state index < -0.39 is 0 Å². The summed E-state index contributed by atoms with van der Waals surface area (Å²) in [6, 6.07) is 74.4. The maximum atomic E-state index is 6.54. The minimum absolute atomic E-state index is 0.00910. The smallest absolute Gasteiger partial charge is 0.143 e. The Labute approximate surface area is 364 Å². The second kappa shape index (κ2) is 13.6. The summed E-state index contributed by atoms with van der Waals surface area (Å²) in [5.74, 6) is 0.00910. The Morgan fingerprint density at radius 3 is 1.39 bits per heavy atom. The van der Waals surface area contributed by atoms with Crippen LogP contribution < -0.4 is 0 Å². The normalized spacial score (nSPS) is 14.2. The van der Waals surface area contributed by atoms with Crippen molar-refractivity contribution in [3.8, 4) is 55.6 Å². The Balaban J connectivity index is 0.943. The van der Waals surface area contributed by atoms with Crippen LogP contribution in [0.1, 0.15) is 72.6 Å². The highest BCUT2D eigenvalue weighted by Crippen LogP contribution is 2.51. The fraction of sp³-hybridized carbons (Fsp3) is 0.115. The van der Waals surface area contributed by atoms with Crippen molar-refractivity contribution in [2.24, 2.45) is 0 Å². The summed E-state index contributed by atoms with van der Waals surface area (Å²) >= 11 is 0. The molecule has 12 rings (SSSR count). The molecule has 2 aliphatic carbocycles. The molecule has 9 aromatic carbocycles. The molecule has 0 N–H and O–H groups in total. The molecule has 0 fully saturated rings. The zero-order chi connectivity index (χ0) is 41.7. The van der Waals surface area contributed by atoms with Crippen molar-refractivity contribution in [1.82, 2.24) is 0 Å². The fourth-order valence-corrected chi connectivity index (χ4v) is 10.9. The summed E-state index contributed by atoms with van der Waals surface area (Å²) in [6.45, 7) is 9.42. The standard InChI is InChI=1S/C61H46O/c1-60(2)53-20-8-5-15-47(53)49-33-31-42(36-55(49)60)38-23-27-40(28-24-38)58(45-14-11-13-44(35-45)46-18-12-19-52-51-17-7-10-22-57(51)62-59(46)52)41-29-25-39(26-30-41)43-32-34-50-48-16-6-9-21-54(48)61(3,4)56(50)37-43/h5-37,58H,1-4H3. The van der Waals surface area contributed by atoms with E-state index in [2.05, 4.69) is 222 Å². The first-order valence-electron chi connectivity index (χ1n) is 21.9. The molecule has 1 heterocycles. The minimum atomic E-state index is -0.0438. The molecule has 10 aromatic rings. The van der Waals surface area contributed by atoms with E-state index in [0.29, 0.717) is 0 Å². The van der Waals surface area contributed by atoms with E-state index in [1.165, 1.54) is 83.5 Å². The summed E-state index contributed by atoms with van der Waals surface area (Å²) in [5.41, 5.74) is 23.7. The van der Waals surface area contributed by atoms with Gasteiger partial charge in [-0.25, -0.2) is 0 Å². The van der Waals surface area contributed by atoms with Crippen LogP contribution in [0.15, 0.2) is 205 Å². The molecule has 0 amide bonds. The number of fused-ring (bicyclic) bond motifs is 9. The fourth-order valence-electron chi connectivity index (χ4n) is 10.9. The topological polar surface area (TPSA) is 13.1 Å². The van der Waals surface area contributed by atoms with E-state index in [1.54, 1.807) is 0 Å². The van der Waals surface area contributed by atoms with E-state index in [4.69, 9.17) is 4.42 Å². The van der Waals surface area contributed by atoms with Gasteiger partial charge in [0.25, 0.3) is 0 Å². The number of rotatable bonds is 6. The van der Waals surface area contributed by atoms with Crippen molar-refractivity contribution in [3.05, 3.63) is 239 Å². The van der Waals surface area contributed by atoms with Gasteiger partial charge in [0.05, 0.1) is 0 Å². The zero-order valence-electron chi connectivity index (χ0n) is 35.5. The lowest BCUT2D eigenvalue weighted by atomic mass is 9.81. The molecule has 0 saturated heterocycles. The van der Waals surface area contributed by atoms with Gasteiger partial charge in [-0.3, -0.25) is 0 Å². The van der Waals surface area contributed by atoms with Gasteiger partial charge in [-0.15, -0.1) is 0 Å². The van der Waals surface area contributed by atoms with E-state index in [0.717, 1.165) is 33.1 Å². The van der Waals surface area contributed by atoms with Gasteiger partial charge < -0.3 is 4.42 Å². The number of hydrogen-bond acceptors (Lipinski definition) is 1. The van der Waals surface area contributed by atoms with Gasteiger partial charge in [-0.05, 0) is 107 Å². The number of furan rings is 1. The van der Waals surface area contributed by atoms with Crippen molar-refractivity contribution < 1.29 is 4.42 Å². The van der Waals surface area contributed by atoms with Crippen LogP contribution in [0.25, 0.3) is 77.6 Å². The molecule has 1 heteroatoms. The quantitative estimate of drug-likeness (QED) is 0.153. The van der Waals surface area contributed by atoms with Gasteiger partial charge in [0.1, 0.15) is 11.2 Å². The molecule has 2 aliphatic rings. The number of para-hydroxylation sites is 2. The van der Waals surface area contributed by atoms with Crippen LogP contribution >= 0.6 is 0 Å². The molecule has 1 nitrogen and oxygen atoms in total. The average molecular weight is 795 g/mol. The molecule has 0 bridgehead atoms. The molecular weight excluding hydrogens is 749 g/mol. The van der Waals surface area contributed by atoms with Gasteiger partial charge in [0, 0.05) is 33.1 Å². The molecular formula is C61H46O. The lowest BCUT2D eigenvalue weighted by Crippen LogP contribution is -2.14. The minimum Gasteiger partial charge on any atom is -0.455 e. The molecule has 0 unspecified atom stereocenters. The second-order valence-corrected chi connectivity index (χ2v) is 18.4. The summed E-state index contributed by atoms with van der Waals surface area (Å²) in [4.78, 5) is 0. The SMILES string of the molecule is CC1(C)c2ccccc2-c2ccc(-c3ccc(C(c4ccc(-c5ccc6c(c5)C(C)(C)c5ccccc5-6)cc4)c4cccc(-c5cccc6c5oc5ccccc56)c4)cc3)cc21. The predicted octanol–water partition coefficient (Wildman–Crippen LogP) is 16.4. The third-order valence-corrected chi connectivity index (χ3v) is 14.3. The predicted molar refractivity (Wildman–Crippen MR) is 259 cm³/mol. The number of hydrogen-bond donors (Lipinski definition) is 0. The largest absolute Gasteiger partial charge is 0.455 e. The van der Waals surface area contributed by atoms with E-state index >= 15 is 0 Å². The van der Waals surface area contributed by atoms with Crippen molar-refractivity contribution >= 4 is 21.9 Å². The molecule has 0 spiro atoms. The molecule has 0 saturated carbocycles. The van der Waals surface area contributed by atoms with Gasteiger partial charge >= 0.3 is 0 Å². The van der Waals surface area contributed by atoms with Crippen molar-refractivity contribution in [2.75, 3.05) is 0 Å². The first-order chi connectivity index (χ1) is 30.2. The average Bonchev–Trinajstić information content (AvgIpc) is 3.89. The van der Waals surface area contributed by atoms with E-state index in [1.807, 2.05) is 6.07 Å². The monoisotopic (exact) mass is 794 g/mol. The molecule has 296 valence electrons. The lowest BCUT2D eigenvalue weighted by molar-refractivity contribution is 0.660. The van der Waals surface area contributed by atoms with Gasteiger partial charge in [0.15, 0.2) is 0 Å². The third kappa shape index (κ3) is 5.54.